The Labute approximate surface area is 145 Å². The minimum atomic E-state index is -0.870. The van der Waals surface area contributed by atoms with Crippen molar-refractivity contribution in [2.45, 2.75) is 39.4 Å². The molecule has 130 valence electrons. The first kappa shape index (κ1) is 18.4. The summed E-state index contributed by atoms with van der Waals surface area (Å²) in [6.07, 6.45) is 2.37. The van der Waals surface area contributed by atoms with Crippen molar-refractivity contribution in [3.63, 3.8) is 0 Å². The van der Waals surface area contributed by atoms with E-state index in [2.05, 4.69) is 16.5 Å². The van der Waals surface area contributed by atoms with Gasteiger partial charge in [-0.25, -0.2) is 4.68 Å². The monoisotopic (exact) mass is 347 g/mol. The molecule has 0 unspecified atom stereocenters. The Morgan fingerprint density at radius 3 is 2.42 bits per heavy atom. The minimum absolute atomic E-state index is 0.0693. The molecule has 1 aromatic heterocycles. The van der Waals surface area contributed by atoms with Gasteiger partial charge in [-0.05, 0) is 56.5 Å². The van der Waals surface area contributed by atoms with E-state index < -0.39 is 10.8 Å². The molecule has 2 atom stereocenters. The second-order valence-electron chi connectivity index (χ2n) is 6.28. The summed E-state index contributed by atoms with van der Waals surface area (Å²) < 4.78 is 13.1. The first-order valence-electron chi connectivity index (χ1n) is 8.03. The van der Waals surface area contributed by atoms with Crippen molar-refractivity contribution in [3.8, 4) is 5.69 Å². The molecule has 1 aromatic carbocycles. The Morgan fingerprint density at radius 2 is 1.83 bits per heavy atom. The lowest BCUT2D eigenvalue weighted by molar-refractivity contribution is 0.0948. The number of amides is 1. The summed E-state index contributed by atoms with van der Waals surface area (Å²) in [6, 6.07) is 7.99. The third-order valence-electron chi connectivity index (χ3n) is 3.97. The largest absolute Gasteiger partial charge is 0.351 e. The lowest BCUT2D eigenvalue weighted by Gasteiger charge is -2.08. The van der Waals surface area contributed by atoms with E-state index in [9.17, 15) is 9.00 Å². The van der Waals surface area contributed by atoms with Gasteiger partial charge in [-0.1, -0.05) is 13.0 Å². The Morgan fingerprint density at radius 1 is 1.21 bits per heavy atom. The van der Waals surface area contributed by atoms with Crippen LogP contribution in [-0.2, 0) is 10.8 Å². The van der Waals surface area contributed by atoms with Gasteiger partial charge in [0, 0.05) is 34.5 Å². The zero-order chi connectivity index (χ0) is 17.9. The van der Waals surface area contributed by atoms with E-state index in [0.29, 0.717) is 18.7 Å². The fourth-order valence-corrected chi connectivity index (χ4v) is 3.01. The SMILES string of the molecule is Cc1cc(C)cc(-n2nc(C(=O)NCC[C@H](C)[S@](C)=O)cc2C)c1. The number of carbonyl (C=O) groups excluding carboxylic acids is 1. The maximum atomic E-state index is 12.3. The van der Waals surface area contributed by atoms with E-state index in [4.69, 9.17) is 0 Å². The second-order valence-corrected chi connectivity index (χ2v) is 8.08. The third-order valence-corrected chi connectivity index (χ3v) is 5.34. The predicted molar refractivity (Wildman–Crippen MR) is 98.3 cm³/mol. The number of benzene rings is 1. The maximum absolute atomic E-state index is 12.3. The van der Waals surface area contributed by atoms with Gasteiger partial charge in [0.2, 0.25) is 0 Å². The van der Waals surface area contributed by atoms with Gasteiger partial charge >= 0.3 is 0 Å². The average molecular weight is 347 g/mol. The summed E-state index contributed by atoms with van der Waals surface area (Å²) in [5.74, 6) is -0.199. The van der Waals surface area contributed by atoms with Crippen LogP contribution in [0.3, 0.4) is 0 Å². The normalized spacial score (nSPS) is 13.5. The molecule has 2 rings (SSSR count). The van der Waals surface area contributed by atoms with Crippen LogP contribution in [-0.4, -0.2) is 37.9 Å². The Bertz CT molecular complexity index is 747. The van der Waals surface area contributed by atoms with Crippen molar-refractivity contribution in [1.82, 2.24) is 15.1 Å². The molecule has 0 aliphatic carbocycles. The first-order valence-corrected chi connectivity index (χ1v) is 9.66. The number of carbonyl (C=O) groups is 1. The van der Waals surface area contributed by atoms with Crippen molar-refractivity contribution in [1.29, 1.82) is 0 Å². The second kappa shape index (κ2) is 7.75. The highest BCUT2D eigenvalue weighted by atomic mass is 32.2. The molecule has 0 spiro atoms. The third kappa shape index (κ3) is 4.54. The van der Waals surface area contributed by atoms with Gasteiger partial charge in [0.05, 0.1) is 5.69 Å². The predicted octanol–water partition coefficient (Wildman–Crippen LogP) is 2.68. The van der Waals surface area contributed by atoms with Crippen molar-refractivity contribution >= 4 is 16.7 Å². The van der Waals surface area contributed by atoms with E-state index in [1.807, 2.05) is 39.8 Å². The number of aryl methyl sites for hydroxylation is 3. The summed E-state index contributed by atoms with van der Waals surface area (Å²) in [5.41, 5.74) is 4.59. The van der Waals surface area contributed by atoms with Crippen molar-refractivity contribution < 1.29 is 9.00 Å². The van der Waals surface area contributed by atoms with E-state index in [1.54, 1.807) is 17.0 Å². The molecule has 0 aliphatic heterocycles. The van der Waals surface area contributed by atoms with E-state index >= 15 is 0 Å². The number of hydrogen-bond donors (Lipinski definition) is 1. The molecule has 5 nitrogen and oxygen atoms in total. The number of nitrogens with zero attached hydrogens (tertiary/aromatic N) is 2. The minimum Gasteiger partial charge on any atom is -0.351 e. The van der Waals surface area contributed by atoms with Gasteiger partial charge in [-0.15, -0.1) is 0 Å². The standard InChI is InChI=1S/C18H25N3O2S/c1-12-8-13(2)10-16(9-12)21-14(3)11-17(20-21)18(22)19-7-6-15(4)24(5)23/h8-11,15H,6-7H2,1-5H3,(H,19,22)/t15-,24-/m0/s1. The summed E-state index contributed by atoms with van der Waals surface area (Å²) in [5, 5.41) is 7.36. The zero-order valence-corrected chi connectivity index (χ0v) is 15.7. The zero-order valence-electron chi connectivity index (χ0n) is 14.9. The van der Waals surface area contributed by atoms with Crippen LogP contribution in [0.15, 0.2) is 24.3 Å². The quantitative estimate of drug-likeness (QED) is 0.874. The van der Waals surface area contributed by atoms with Gasteiger partial charge in [0.15, 0.2) is 5.69 Å². The Balaban J connectivity index is 2.10. The first-order chi connectivity index (χ1) is 11.3. The molecule has 1 heterocycles. The molecule has 0 bridgehead atoms. The van der Waals surface area contributed by atoms with Crippen LogP contribution in [0, 0.1) is 20.8 Å². The lowest BCUT2D eigenvalue weighted by Crippen LogP contribution is -2.27. The molecular formula is C18H25N3O2S. The molecule has 0 fully saturated rings. The van der Waals surface area contributed by atoms with Crippen LogP contribution in [0.4, 0.5) is 0 Å². The number of nitrogens with one attached hydrogen (secondary N) is 1. The summed E-state index contributed by atoms with van der Waals surface area (Å²) >= 11 is 0. The Hall–Kier alpha value is -1.95. The van der Waals surface area contributed by atoms with Crippen LogP contribution in [0.1, 0.15) is 40.7 Å². The van der Waals surface area contributed by atoms with Gasteiger partial charge in [-0.2, -0.15) is 5.10 Å². The number of hydrogen-bond acceptors (Lipinski definition) is 3. The summed E-state index contributed by atoms with van der Waals surface area (Å²) in [7, 11) is -0.870. The van der Waals surface area contributed by atoms with Gasteiger partial charge in [-0.3, -0.25) is 9.00 Å². The van der Waals surface area contributed by atoms with E-state index in [-0.39, 0.29) is 11.2 Å². The molecule has 0 saturated carbocycles. The highest BCUT2D eigenvalue weighted by Gasteiger charge is 2.14. The number of aromatic nitrogens is 2. The van der Waals surface area contributed by atoms with Gasteiger partial charge < -0.3 is 5.32 Å². The average Bonchev–Trinajstić information content (AvgIpc) is 2.88. The fraction of sp³-hybridized carbons (Fsp3) is 0.444. The fourth-order valence-electron chi connectivity index (χ4n) is 2.57. The molecule has 2 aromatic rings. The molecule has 24 heavy (non-hydrogen) atoms. The summed E-state index contributed by atoms with van der Waals surface area (Å²) in [4.78, 5) is 12.3. The van der Waals surface area contributed by atoms with Crippen molar-refractivity contribution in [3.05, 3.63) is 46.8 Å². The Kier molecular flexibility index (Phi) is 5.94. The van der Waals surface area contributed by atoms with Crippen LogP contribution in [0.5, 0.6) is 0 Å². The topological polar surface area (TPSA) is 64.0 Å². The van der Waals surface area contributed by atoms with E-state index in [0.717, 1.165) is 22.5 Å². The lowest BCUT2D eigenvalue weighted by atomic mass is 10.1. The van der Waals surface area contributed by atoms with Crippen LogP contribution < -0.4 is 5.32 Å². The van der Waals surface area contributed by atoms with Gasteiger partial charge in [0.1, 0.15) is 0 Å². The van der Waals surface area contributed by atoms with E-state index in [1.165, 1.54) is 0 Å². The van der Waals surface area contributed by atoms with Crippen LogP contribution in [0.2, 0.25) is 0 Å². The molecular weight excluding hydrogens is 322 g/mol. The highest BCUT2D eigenvalue weighted by molar-refractivity contribution is 7.84. The highest BCUT2D eigenvalue weighted by Crippen LogP contribution is 2.16. The maximum Gasteiger partial charge on any atom is 0.271 e. The van der Waals surface area contributed by atoms with Crippen molar-refractivity contribution in [2.24, 2.45) is 0 Å². The summed E-state index contributed by atoms with van der Waals surface area (Å²) in [6.45, 7) is 8.43. The number of rotatable bonds is 6. The molecule has 0 radical (unpaired) electrons. The molecule has 1 N–H and O–H groups in total. The molecule has 0 saturated heterocycles. The molecule has 0 aliphatic rings. The van der Waals surface area contributed by atoms with Gasteiger partial charge in [0.25, 0.3) is 5.91 Å². The van der Waals surface area contributed by atoms with Crippen LogP contribution >= 0.6 is 0 Å². The molecule has 6 heteroatoms. The van der Waals surface area contributed by atoms with Crippen molar-refractivity contribution in [2.75, 3.05) is 12.8 Å². The smallest absolute Gasteiger partial charge is 0.271 e. The molecule has 1 amide bonds. The van der Waals surface area contributed by atoms with Crippen LogP contribution in [0.25, 0.3) is 5.69 Å².